The van der Waals surface area contributed by atoms with Crippen LogP contribution in [-0.2, 0) is 0 Å². The highest BCUT2D eigenvalue weighted by Crippen LogP contribution is 2.24. The van der Waals surface area contributed by atoms with E-state index in [9.17, 15) is 0 Å². The molecule has 1 aromatic rings. The largest absolute Gasteiger partial charge is 0.496 e. The number of halogens is 1. The molecule has 5 heteroatoms. The molecule has 0 aliphatic rings. The molecule has 0 heterocycles. The van der Waals surface area contributed by atoms with Crippen molar-refractivity contribution < 1.29 is 4.74 Å². The third-order valence-corrected chi connectivity index (χ3v) is 2.41. The summed E-state index contributed by atoms with van der Waals surface area (Å²) in [6.45, 7) is 0. The van der Waals surface area contributed by atoms with Gasteiger partial charge in [-0.15, -0.1) is 0 Å². The topological polar surface area (TPSA) is 47.3 Å². The fourth-order valence-electron chi connectivity index (χ4n) is 0.880. The lowest BCUT2D eigenvalue weighted by atomic mass is 10.3. The van der Waals surface area contributed by atoms with Crippen molar-refractivity contribution in [3.8, 4) is 5.75 Å². The SMILES string of the molecule is COc1cc(NC(N)=S)ccc1I. The monoisotopic (exact) mass is 308 g/mol. The fourth-order valence-corrected chi connectivity index (χ4v) is 1.55. The fraction of sp³-hybridized carbons (Fsp3) is 0.125. The van der Waals surface area contributed by atoms with Crippen LogP contribution < -0.4 is 15.8 Å². The van der Waals surface area contributed by atoms with E-state index < -0.39 is 0 Å². The van der Waals surface area contributed by atoms with Crippen molar-refractivity contribution in [2.24, 2.45) is 5.73 Å². The maximum absolute atomic E-state index is 5.33. The van der Waals surface area contributed by atoms with Crippen LogP contribution in [0, 0.1) is 3.57 Å². The second-order valence-electron chi connectivity index (χ2n) is 2.34. The molecule has 3 nitrogen and oxygen atoms in total. The van der Waals surface area contributed by atoms with E-state index in [1.165, 1.54) is 0 Å². The molecule has 0 saturated heterocycles. The lowest BCUT2D eigenvalue weighted by molar-refractivity contribution is 0.412. The summed E-state index contributed by atoms with van der Waals surface area (Å²) < 4.78 is 6.19. The van der Waals surface area contributed by atoms with Crippen LogP contribution in [0.3, 0.4) is 0 Å². The van der Waals surface area contributed by atoms with E-state index in [0.717, 1.165) is 15.0 Å². The highest BCUT2D eigenvalue weighted by atomic mass is 127. The maximum Gasteiger partial charge on any atom is 0.168 e. The zero-order chi connectivity index (χ0) is 9.84. The molecule has 0 aromatic heterocycles. The van der Waals surface area contributed by atoms with Gasteiger partial charge in [0.2, 0.25) is 0 Å². The number of ether oxygens (including phenoxy) is 1. The van der Waals surface area contributed by atoms with Gasteiger partial charge in [-0.05, 0) is 46.9 Å². The third-order valence-electron chi connectivity index (χ3n) is 1.42. The van der Waals surface area contributed by atoms with Crippen LogP contribution in [0.25, 0.3) is 0 Å². The van der Waals surface area contributed by atoms with Crippen LogP contribution in [0.1, 0.15) is 0 Å². The predicted molar refractivity (Wildman–Crippen MR) is 66.1 cm³/mol. The van der Waals surface area contributed by atoms with Gasteiger partial charge in [0.25, 0.3) is 0 Å². The Kier molecular flexibility index (Phi) is 3.73. The van der Waals surface area contributed by atoms with Gasteiger partial charge in [-0.2, -0.15) is 0 Å². The summed E-state index contributed by atoms with van der Waals surface area (Å²) in [5.41, 5.74) is 6.17. The Morgan fingerprint density at radius 3 is 2.85 bits per heavy atom. The van der Waals surface area contributed by atoms with E-state index in [0.29, 0.717) is 0 Å². The van der Waals surface area contributed by atoms with E-state index in [4.69, 9.17) is 22.7 Å². The molecule has 0 unspecified atom stereocenters. The molecule has 1 rings (SSSR count). The average molecular weight is 308 g/mol. The van der Waals surface area contributed by atoms with Gasteiger partial charge in [-0.3, -0.25) is 0 Å². The number of benzene rings is 1. The molecule has 0 radical (unpaired) electrons. The second-order valence-corrected chi connectivity index (χ2v) is 3.94. The van der Waals surface area contributed by atoms with E-state index in [-0.39, 0.29) is 5.11 Å². The first-order valence-electron chi connectivity index (χ1n) is 3.53. The maximum atomic E-state index is 5.33. The Labute approximate surface area is 95.8 Å². The summed E-state index contributed by atoms with van der Waals surface area (Å²) in [6, 6.07) is 5.67. The smallest absolute Gasteiger partial charge is 0.168 e. The van der Waals surface area contributed by atoms with Crippen molar-refractivity contribution in [2.75, 3.05) is 12.4 Å². The van der Waals surface area contributed by atoms with Gasteiger partial charge in [0, 0.05) is 11.8 Å². The number of hydrogen-bond donors (Lipinski definition) is 2. The van der Waals surface area contributed by atoms with Gasteiger partial charge < -0.3 is 15.8 Å². The van der Waals surface area contributed by atoms with Crippen molar-refractivity contribution in [3.05, 3.63) is 21.8 Å². The highest BCUT2D eigenvalue weighted by Gasteiger charge is 2.00. The molecule has 0 spiro atoms. The molecule has 0 saturated carbocycles. The number of rotatable bonds is 2. The summed E-state index contributed by atoms with van der Waals surface area (Å²) in [4.78, 5) is 0. The quantitative estimate of drug-likeness (QED) is 0.648. The van der Waals surface area contributed by atoms with Crippen LogP contribution in [0.4, 0.5) is 5.69 Å². The molecule has 0 amide bonds. The highest BCUT2D eigenvalue weighted by molar-refractivity contribution is 14.1. The zero-order valence-electron chi connectivity index (χ0n) is 7.00. The normalized spacial score (nSPS) is 9.38. The zero-order valence-corrected chi connectivity index (χ0v) is 9.98. The lowest BCUT2D eigenvalue weighted by Gasteiger charge is -2.07. The molecular weight excluding hydrogens is 299 g/mol. The van der Waals surface area contributed by atoms with Gasteiger partial charge >= 0.3 is 0 Å². The van der Waals surface area contributed by atoms with Gasteiger partial charge in [-0.25, -0.2) is 0 Å². The van der Waals surface area contributed by atoms with Crippen molar-refractivity contribution in [1.82, 2.24) is 0 Å². The summed E-state index contributed by atoms with van der Waals surface area (Å²) in [6.07, 6.45) is 0. The molecular formula is C8H9IN2OS. The Morgan fingerprint density at radius 1 is 1.62 bits per heavy atom. The van der Waals surface area contributed by atoms with Gasteiger partial charge in [-0.1, -0.05) is 0 Å². The molecule has 0 fully saturated rings. The molecule has 3 N–H and O–H groups in total. The molecule has 1 aromatic carbocycles. The van der Waals surface area contributed by atoms with Gasteiger partial charge in [0.15, 0.2) is 5.11 Å². The number of methoxy groups -OCH3 is 1. The van der Waals surface area contributed by atoms with Crippen LogP contribution in [0.2, 0.25) is 0 Å². The van der Waals surface area contributed by atoms with Crippen molar-refractivity contribution >= 4 is 45.6 Å². The number of nitrogens with two attached hydrogens (primary N) is 1. The molecule has 0 aliphatic heterocycles. The summed E-state index contributed by atoms with van der Waals surface area (Å²) in [5, 5.41) is 3.09. The van der Waals surface area contributed by atoms with Gasteiger partial charge in [0.05, 0.1) is 10.7 Å². The summed E-state index contributed by atoms with van der Waals surface area (Å²) >= 11 is 6.91. The summed E-state index contributed by atoms with van der Waals surface area (Å²) in [7, 11) is 1.63. The average Bonchev–Trinajstić information content (AvgIpc) is 2.07. The summed E-state index contributed by atoms with van der Waals surface area (Å²) in [5.74, 6) is 0.807. The third kappa shape index (κ3) is 3.00. The van der Waals surface area contributed by atoms with Crippen LogP contribution in [-0.4, -0.2) is 12.2 Å². The molecule has 70 valence electrons. The van der Waals surface area contributed by atoms with E-state index in [1.807, 2.05) is 18.2 Å². The van der Waals surface area contributed by atoms with Crippen LogP contribution in [0.15, 0.2) is 18.2 Å². The van der Waals surface area contributed by atoms with Crippen molar-refractivity contribution in [1.29, 1.82) is 0 Å². The molecule has 0 aliphatic carbocycles. The van der Waals surface area contributed by atoms with Crippen LogP contribution in [0.5, 0.6) is 5.75 Å². The molecule has 0 bridgehead atoms. The number of nitrogens with one attached hydrogen (secondary N) is 1. The van der Waals surface area contributed by atoms with Crippen LogP contribution >= 0.6 is 34.8 Å². The first-order valence-corrected chi connectivity index (χ1v) is 5.02. The standard InChI is InChI=1S/C8H9IN2OS/c1-12-7-4-5(11-8(10)13)2-3-6(7)9/h2-4H,1H3,(H3,10,11,13). The number of anilines is 1. The van der Waals surface area contributed by atoms with E-state index >= 15 is 0 Å². The minimum Gasteiger partial charge on any atom is -0.496 e. The minimum absolute atomic E-state index is 0.253. The second kappa shape index (κ2) is 4.61. The lowest BCUT2D eigenvalue weighted by Crippen LogP contribution is -2.18. The Bertz CT molecular complexity index is 330. The molecule has 0 atom stereocenters. The number of thiocarbonyl (C=S) groups is 1. The van der Waals surface area contributed by atoms with Gasteiger partial charge in [0.1, 0.15) is 5.75 Å². The molecule has 13 heavy (non-hydrogen) atoms. The first-order chi connectivity index (χ1) is 6.13. The first kappa shape index (κ1) is 10.5. The van der Waals surface area contributed by atoms with Crippen molar-refractivity contribution in [3.63, 3.8) is 0 Å². The Balaban J connectivity index is 2.92. The Morgan fingerprint density at radius 2 is 2.31 bits per heavy atom. The minimum atomic E-state index is 0.253. The predicted octanol–water partition coefficient (Wildman–Crippen LogP) is 1.96. The van der Waals surface area contributed by atoms with Crippen molar-refractivity contribution in [2.45, 2.75) is 0 Å². The van der Waals surface area contributed by atoms with E-state index in [1.54, 1.807) is 7.11 Å². The Hall–Kier alpha value is -0.560. The number of hydrogen-bond acceptors (Lipinski definition) is 2. The van der Waals surface area contributed by atoms with E-state index in [2.05, 4.69) is 27.9 Å².